The lowest BCUT2D eigenvalue weighted by Crippen LogP contribution is -2.64. The van der Waals surface area contributed by atoms with E-state index in [9.17, 15) is 44.6 Å². The molecule has 0 aliphatic heterocycles. The Morgan fingerprint density at radius 2 is 1.04 bits per heavy atom. The monoisotopic (exact) mass is 826 g/mol. The lowest BCUT2D eigenvalue weighted by molar-refractivity contribution is -0.220. The molecule has 1 aliphatic carbocycles. The summed E-state index contributed by atoms with van der Waals surface area (Å²) in [5, 5.41) is 50.0. The zero-order chi connectivity index (χ0) is 42.2. The molecule has 0 bridgehead atoms. The summed E-state index contributed by atoms with van der Waals surface area (Å²) in [6, 6.07) is 0. The van der Waals surface area contributed by atoms with E-state index in [-0.39, 0.29) is 12.8 Å². The van der Waals surface area contributed by atoms with Crippen LogP contribution in [-0.4, -0.2) is 98.3 Å². The molecule has 6 unspecified atom stereocenters. The van der Waals surface area contributed by atoms with Crippen LogP contribution in [0, 0.1) is 0 Å². The van der Waals surface area contributed by atoms with Crippen LogP contribution in [0.15, 0.2) is 72.9 Å². The fourth-order valence-electron chi connectivity index (χ4n) is 5.68. The molecule has 0 radical (unpaired) electrons. The van der Waals surface area contributed by atoms with E-state index in [4.69, 9.17) is 18.5 Å². The molecule has 1 aliphatic rings. The number of phosphoric ester groups is 1. The van der Waals surface area contributed by atoms with Gasteiger partial charge >= 0.3 is 19.8 Å². The first kappa shape index (κ1) is 52.3. The Bertz CT molecular complexity index is 1280. The molecule has 57 heavy (non-hydrogen) atoms. The van der Waals surface area contributed by atoms with Gasteiger partial charge in [0.15, 0.2) is 6.10 Å². The van der Waals surface area contributed by atoms with Gasteiger partial charge in [0, 0.05) is 12.8 Å². The third-order valence-electron chi connectivity index (χ3n) is 9.05. The van der Waals surface area contributed by atoms with Crippen LogP contribution in [-0.2, 0) is 32.7 Å². The van der Waals surface area contributed by atoms with Crippen LogP contribution < -0.4 is 0 Å². The van der Waals surface area contributed by atoms with Crippen molar-refractivity contribution in [2.75, 3.05) is 13.2 Å². The fraction of sp³-hybridized carbons (Fsp3) is 0.674. The first-order chi connectivity index (χ1) is 27.4. The minimum Gasteiger partial charge on any atom is -0.462 e. The number of carbonyl (C=O) groups excluding carboxylic acids is 2. The van der Waals surface area contributed by atoms with Gasteiger partial charge in [-0.1, -0.05) is 119 Å². The Morgan fingerprint density at radius 3 is 1.60 bits per heavy atom. The van der Waals surface area contributed by atoms with Crippen LogP contribution in [0.4, 0.5) is 0 Å². The second kappa shape index (κ2) is 33.2. The van der Waals surface area contributed by atoms with Crippen molar-refractivity contribution in [3.63, 3.8) is 0 Å². The van der Waals surface area contributed by atoms with Gasteiger partial charge in [0.1, 0.15) is 43.2 Å². The molecule has 14 heteroatoms. The summed E-state index contributed by atoms with van der Waals surface area (Å²) in [5.74, 6) is -1.22. The van der Waals surface area contributed by atoms with Gasteiger partial charge in [0.05, 0.1) is 6.61 Å². The second-order valence-corrected chi connectivity index (χ2v) is 15.5. The smallest absolute Gasteiger partial charge is 0.462 e. The minimum atomic E-state index is -5.14. The van der Waals surface area contributed by atoms with Gasteiger partial charge in [0.2, 0.25) is 0 Å². The number of unbranched alkanes of at least 4 members (excludes halogenated alkanes) is 8. The number of allylic oxidation sites excluding steroid dienone is 12. The fourth-order valence-corrected chi connectivity index (χ4v) is 6.65. The average Bonchev–Trinajstić information content (AvgIpc) is 3.19. The Balaban J connectivity index is 2.57. The number of aliphatic hydroxyl groups excluding tert-OH is 5. The summed E-state index contributed by atoms with van der Waals surface area (Å²) in [4.78, 5) is 35.5. The molecule has 1 fully saturated rings. The van der Waals surface area contributed by atoms with E-state index in [2.05, 4.69) is 62.5 Å². The SMILES string of the molecule is CC/C=C\C/C=C\C/C=C\C/C=C\CCC(=O)OC(COC(=O)CCCCCCC/C=C\C/C=C\CCCCC)COP(=O)(O)OC1C(O)C(O)C(O)C(O)C1O. The van der Waals surface area contributed by atoms with Gasteiger partial charge in [-0.15, -0.1) is 0 Å². The maximum atomic E-state index is 12.8. The lowest BCUT2D eigenvalue weighted by Gasteiger charge is -2.41. The third kappa shape index (κ3) is 26.1. The van der Waals surface area contributed by atoms with Crippen molar-refractivity contribution in [1.29, 1.82) is 0 Å². The van der Waals surface area contributed by atoms with Crippen LogP contribution in [0.2, 0.25) is 0 Å². The first-order valence-corrected chi connectivity index (χ1v) is 22.2. The third-order valence-corrected chi connectivity index (χ3v) is 10.0. The topological polar surface area (TPSA) is 210 Å². The zero-order valence-corrected chi connectivity index (χ0v) is 35.0. The maximum Gasteiger partial charge on any atom is 0.472 e. The van der Waals surface area contributed by atoms with E-state index < -0.39 is 75.7 Å². The van der Waals surface area contributed by atoms with Crippen LogP contribution >= 0.6 is 7.82 Å². The molecule has 6 atom stereocenters. The standard InChI is InChI=1S/C43H71O13P/c1-3-5-7-9-11-13-15-17-18-20-21-23-25-27-29-31-36(44)53-33-35(34-54-57(51,52)56-43-41(49)39(47)38(46)40(48)42(43)50)55-37(45)32-30-28-26-24-22-19-16-14-12-10-8-6-4-2/h6,8,11-14,17-19,22,26,28,35,38-43,46-50H,3-5,7,9-10,15-16,20-21,23-25,27,29-34H2,1-2H3,(H,51,52)/b8-6-,13-11-,14-12-,18-17-,22-19-,28-26-. The molecule has 1 saturated carbocycles. The van der Waals surface area contributed by atoms with Crippen molar-refractivity contribution in [2.45, 2.75) is 172 Å². The molecule has 0 aromatic heterocycles. The quantitative estimate of drug-likeness (QED) is 0.0172. The summed E-state index contributed by atoms with van der Waals surface area (Å²) in [5.41, 5.74) is 0. The number of carbonyl (C=O) groups is 2. The molecular formula is C43H71O13P. The van der Waals surface area contributed by atoms with Crippen LogP contribution in [0.3, 0.4) is 0 Å². The number of esters is 2. The summed E-state index contributed by atoms with van der Waals surface area (Å²) < 4.78 is 33.3. The largest absolute Gasteiger partial charge is 0.472 e. The van der Waals surface area contributed by atoms with E-state index in [1.54, 1.807) is 0 Å². The molecule has 6 N–H and O–H groups in total. The summed E-state index contributed by atoms with van der Waals surface area (Å²) in [6.07, 6.45) is 27.0. The summed E-state index contributed by atoms with van der Waals surface area (Å²) in [6.45, 7) is 3.05. The Morgan fingerprint density at radius 1 is 0.561 bits per heavy atom. The minimum absolute atomic E-state index is 0.0313. The molecule has 0 aromatic rings. The van der Waals surface area contributed by atoms with Gasteiger partial charge in [-0.25, -0.2) is 4.57 Å². The predicted octanol–water partition coefficient (Wildman–Crippen LogP) is 7.16. The number of ether oxygens (including phenoxy) is 2. The number of hydrogen-bond acceptors (Lipinski definition) is 12. The van der Waals surface area contributed by atoms with Gasteiger partial charge in [0.25, 0.3) is 0 Å². The molecular weight excluding hydrogens is 755 g/mol. The number of rotatable bonds is 32. The lowest BCUT2D eigenvalue weighted by atomic mass is 9.85. The predicted molar refractivity (Wildman–Crippen MR) is 221 cm³/mol. The second-order valence-electron chi connectivity index (χ2n) is 14.1. The first-order valence-electron chi connectivity index (χ1n) is 20.7. The van der Waals surface area contributed by atoms with E-state index in [1.165, 1.54) is 19.3 Å². The number of hydrogen-bond donors (Lipinski definition) is 6. The van der Waals surface area contributed by atoms with Gasteiger partial charge < -0.3 is 39.9 Å². The van der Waals surface area contributed by atoms with E-state index in [0.717, 1.165) is 64.2 Å². The number of phosphoric acid groups is 1. The van der Waals surface area contributed by atoms with Crippen molar-refractivity contribution in [3.05, 3.63) is 72.9 Å². The Kier molecular flexibility index (Phi) is 30.4. The van der Waals surface area contributed by atoms with Crippen LogP contribution in [0.5, 0.6) is 0 Å². The van der Waals surface area contributed by atoms with Crippen molar-refractivity contribution in [2.24, 2.45) is 0 Å². The van der Waals surface area contributed by atoms with Crippen molar-refractivity contribution >= 4 is 19.8 Å². The van der Waals surface area contributed by atoms with Crippen molar-refractivity contribution in [3.8, 4) is 0 Å². The van der Waals surface area contributed by atoms with E-state index in [1.807, 2.05) is 24.3 Å². The average molecular weight is 827 g/mol. The zero-order valence-electron chi connectivity index (χ0n) is 34.1. The molecule has 0 heterocycles. The Labute approximate surface area is 340 Å². The molecule has 0 aromatic carbocycles. The van der Waals surface area contributed by atoms with Gasteiger partial charge in [-0.05, 0) is 70.6 Å². The van der Waals surface area contributed by atoms with E-state index >= 15 is 0 Å². The highest BCUT2D eigenvalue weighted by Gasteiger charge is 2.51. The van der Waals surface area contributed by atoms with Gasteiger partial charge in [-0.2, -0.15) is 0 Å². The highest BCUT2D eigenvalue weighted by atomic mass is 31.2. The normalized spacial score (nSPS) is 23.4. The van der Waals surface area contributed by atoms with Crippen LogP contribution in [0.1, 0.15) is 129 Å². The molecule has 1 rings (SSSR count). The summed E-state index contributed by atoms with van der Waals surface area (Å²) in [7, 11) is -5.14. The highest BCUT2D eigenvalue weighted by molar-refractivity contribution is 7.47. The maximum absolute atomic E-state index is 12.8. The molecule has 13 nitrogen and oxygen atoms in total. The van der Waals surface area contributed by atoms with E-state index in [0.29, 0.717) is 19.3 Å². The molecule has 326 valence electrons. The van der Waals surface area contributed by atoms with Gasteiger partial charge in [-0.3, -0.25) is 18.6 Å². The Hall–Kier alpha value is -2.71. The van der Waals surface area contributed by atoms with Crippen LogP contribution in [0.25, 0.3) is 0 Å². The molecule has 0 spiro atoms. The van der Waals surface area contributed by atoms with Crippen molar-refractivity contribution < 1.29 is 63.1 Å². The molecule has 0 amide bonds. The molecule has 0 saturated heterocycles. The van der Waals surface area contributed by atoms with Crippen molar-refractivity contribution in [1.82, 2.24) is 0 Å². The summed E-state index contributed by atoms with van der Waals surface area (Å²) >= 11 is 0. The number of aliphatic hydroxyl groups is 5. The highest BCUT2D eigenvalue weighted by Crippen LogP contribution is 2.47.